The van der Waals surface area contributed by atoms with Gasteiger partial charge in [0.1, 0.15) is 5.82 Å². The molecule has 9 nitrogen and oxygen atoms in total. The summed E-state index contributed by atoms with van der Waals surface area (Å²) in [5.74, 6) is -1.30. The summed E-state index contributed by atoms with van der Waals surface area (Å²) in [5.41, 5.74) is 0.359. The van der Waals surface area contributed by atoms with Crippen molar-refractivity contribution in [1.29, 1.82) is 0 Å². The molecule has 0 saturated carbocycles. The predicted octanol–water partition coefficient (Wildman–Crippen LogP) is 2.58. The molecule has 27 heavy (non-hydrogen) atoms. The van der Waals surface area contributed by atoms with Crippen molar-refractivity contribution in [3.05, 3.63) is 36.0 Å². The Hall–Kier alpha value is -3.50. The number of rotatable bonds is 6. The van der Waals surface area contributed by atoms with Gasteiger partial charge < -0.3 is 20.1 Å². The highest BCUT2D eigenvalue weighted by molar-refractivity contribution is 5.86. The third-order valence-electron chi connectivity index (χ3n) is 3.51. The summed E-state index contributed by atoms with van der Waals surface area (Å²) in [5, 5.41) is 13.0. The van der Waals surface area contributed by atoms with Crippen LogP contribution in [0.4, 0.5) is 19.4 Å². The van der Waals surface area contributed by atoms with E-state index in [9.17, 15) is 13.6 Å². The van der Waals surface area contributed by atoms with Crippen molar-refractivity contribution in [2.75, 3.05) is 19.0 Å². The number of fused-ring (bicyclic) bond motifs is 1. The zero-order chi connectivity index (χ0) is 19.4. The fraction of sp³-hybridized carbons (Fsp3) is 0.250. The maximum atomic E-state index is 13.7. The number of hydrogen-bond donors (Lipinski definition) is 3. The number of hydrogen-bond acceptors (Lipinski definition) is 7. The molecule has 0 radical (unpaired) electrons. The number of carbonyl (C=O) groups excluding carboxylic acids is 1. The summed E-state index contributed by atoms with van der Waals surface area (Å²) >= 11 is 0. The van der Waals surface area contributed by atoms with Crippen molar-refractivity contribution >= 4 is 22.9 Å². The second-order valence-electron chi connectivity index (χ2n) is 5.58. The number of aromatic amines is 1. The van der Waals surface area contributed by atoms with E-state index >= 15 is 0 Å². The van der Waals surface area contributed by atoms with E-state index in [0.29, 0.717) is 29.5 Å². The van der Waals surface area contributed by atoms with Gasteiger partial charge in [0.15, 0.2) is 23.0 Å². The SMILES string of the molecule is COC(=O)NCC(C)Nc1n[nH]c2nc(Oc3ccc(F)cc3F)ncc12. The van der Waals surface area contributed by atoms with Crippen LogP contribution in [0.15, 0.2) is 24.4 Å². The molecule has 0 fully saturated rings. The number of carbonyl (C=O) groups is 1. The number of H-pyrrole nitrogens is 1. The highest BCUT2D eigenvalue weighted by atomic mass is 19.1. The van der Waals surface area contributed by atoms with Crippen molar-refractivity contribution in [2.24, 2.45) is 0 Å². The highest BCUT2D eigenvalue weighted by Crippen LogP contribution is 2.25. The minimum Gasteiger partial charge on any atom is -0.453 e. The normalized spacial score (nSPS) is 11.9. The first-order chi connectivity index (χ1) is 13.0. The van der Waals surface area contributed by atoms with E-state index in [1.165, 1.54) is 13.3 Å². The molecule has 11 heteroatoms. The van der Waals surface area contributed by atoms with E-state index in [2.05, 4.69) is 35.5 Å². The molecule has 0 saturated heterocycles. The third kappa shape index (κ3) is 4.37. The molecule has 0 aliphatic carbocycles. The number of alkyl carbamates (subject to hydrolysis) is 1. The third-order valence-corrected chi connectivity index (χ3v) is 3.51. The minimum atomic E-state index is -0.863. The Kier molecular flexibility index (Phi) is 5.29. The Labute approximate surface area is 152 Å². The molecule has 2 aromatic heterocycles. The van der Waals surface area contributed by atoms with Gasteiger partial charge in [0, 0.05) is 24.8 Å². The monoisotopic (exact) mass is 378 g/mol. The molecule has 142 valence electrons. The van der Waals surface area contributed by atoms with E-state index in [-0.39, 0.29) is 17.8 Å². The Morgan fingerprint density at radius 3 is 2.93 bits per heavy atom. The number of amides is 1. The smallest absolute Gasteiger partial charge is 0.406 e. The first kappa shape index (κ1) is 18.3. The molecule has 1 unspecified atom stereocenters. The van der Waals surface area contributed by atoms with Gasteiger partial charge in [-0.3, -0.25) is 5.10 Å². The first-order valence-corrected chi connectivity index (χ1v) is 7.88. The van der Waals surface area contributed by atoms with E-state index in [0.717, 1.165) is 12.1 Å². The molecule has 0 bridgehead atoms. The molecule has 0 aliphatic rings. The van der Waals surface area contributed by atoms with Crippen LogP contribution in [-0.2, 0) is 4.74 Å². The lowest BCUT2D eigenvalue weighted by Gasteiger charge is -2.13. The summed E-state index contributed by atoms with van der Waals surface area (Å²) < 4.78 is 36.4. The molecular formula is C16H16F2N6O3. The highest BCUT2D eigenvalue weighted by Gasteiger charge is 2.14. The summed E-state index contributed by atoms with van der Waals surface area (Å²) in [7, 11) is 1.28. The summed E-state index contributed by atoms with van der Waals surface area (Å²) in [4.78, 5) is 19.2. The zero-order valence-electron chi connectivity index (χ0n) is 14.4. The largest absolute Gasteiger partial charge is 0.453 e. The van der Waals surface area contributed by atoms with Crippen LogP contribution in [0.25, 0.3) is 11.0 Å². The molecule has 2 heterocycles. The van der Waals surface area contributed by atoms with E-state index in [1.807, 2.05) is 6.92 Å². The maximum Gasteiger partial charge on any atom is 0.406 e. The van der Waals surface area contributed by atoms with Gasteiger partial charge in [-0.1, -0.05) is 0 Å². The Morgan fingerprint density at radius 2 is 2.19 bits per heavy atom. The molecule has 1 atom stereocenters. The van der Waals surface area contributed by atoms with Crippen molar-refractivity contribution in [2.45, 2.75) is 13.0 Å². The molecule has 0 aliphatic heterocycles. The predicted molar refractivity (Wildman–Crippen MR) is 91.6 cm³/mol. The van der Waals surface area contributed by atoms with Gasteiger partial charge >= 0.3 is 12.1 Å². The van der Waals surface area contributed by atoms with Crippen molar-refractivity contribution < 1.29 is 23.0 Å². The van der Waals surface area contributed by atoms with Crippen LogP contribution in [-0.4, -0.2) is 46.0 Å². The lowest BCUT2D eigenvalue weighted by molar-refractivity contribution is 0.170. The second-order valence-corrected chi connectivity index (χ2v) is 5.58. The molecule has 1 aromatic carbocycles. The number of aromatic nitrogens is 4. The number of benzene rings is 1. The molecule has 0 spiro atoms. The van der Waals surface area contributed by atoms with Gasteiger partial charge in [-0.2, -0.15) is 10.1 Å². The molecule has 3 aromatic rings. The summed E-state index contributed by atoms with van der Waals surface area (Å²) in [6.07, 6.45) is 0.916. The number of methoxy groups -OCH3 is 1. The van der Waals surface area contributed by atoms with Crippen LogP contribution < -0.4 is 15.4 Å². The Balaban J connectivity index is 1.71. The number of nitrogens with zero attached hydrogens (tertiary/aromatic N) is 3. The van der Waals surface area contributed by atoms with Crippen LogP contribution in [0.3, 0.4) is 0 Å². The number of halogens is 2. The van der Waals surface area contributed by atoms with Crippen LogP contribution in [0, 0.1) is 11.6 Å². The number of ether oxygens (including phenoxy) is 2. The molecular weight excluding hydrogens is 362 g/mol. The summed E-state index contributed by atoms with van der Waals surface area (Å²) in [6.45, 7) is 2.15. The minimum absolute atomic E-state index is 0.122. The van der Waals surface area contributed by atoms with Gasteiger partial charge in [-0.25, -0.2) is 18.6 Å². The first-order valence-electron chi connectivity index (χ1n) is 7.88. The molecule has 3 N–H and O–H groups in total. The Morgan fingerprint density at radius 1 is 1.37 bits per heavy atom. The summed E-state index contributed by atoms with van der Waals surface area (Å²) in [6, 6.07) is 2.64. The second kappa shape index (κ2) is 7.81. The number of nitrogens with one attached hydrogen (secondary N) is 3. The molecule has 1 amide bonds. The Bertz CT molecular complexity index is 964. The van der Waals surface area contributed by atoms with Gasteiger partial charge in [-0.05, 0) is 19.1 Å². The van der Waals surface area contributed by atoms with Gasteiger partial charge in [-0.15, -0.1) is 0 Å². The van der Waals surface area contributed by atoms with Gasteiger partial charge in [0.2, 0.25) is 0 Å². The van der Waals surface area contributed by atoms with Crippen LogP contribution in [0.2, 0.25) is 0 Å². The quantitative estimate of drug-likeness (QED) is 0.604. The van der Waals surface area contributed by atoms with Crippen molar-refractivity contribution in [3.8, 4) is 11.8 Å². The lowest BCUT2D eigenvalue weighted by atomic mass is 10.3. The van der Waals surface area contributed by atoms with Crippen molar-refractivity contribution in [1.82, 2.24) is 25.5 Å². The molecule has 3 rings (SSSR count). The maximum absolute atomic E-state index is 13.7. The standard InChI is InChI=1S/C16H16F2N6O3/c1-8(6-20-16(25)26-2)21-13-10-7-19-15(22-14(10)24-23-13)27-12-4-3-9(17)5-11(12)18/h3-5,7-8H,6H2,1-2H3,(H,20,25)(H2,19,21,22,23,24). The topological polar surface area (TPSA) is 114 Å². The average molecular weight is 378 g/mol. The zero-order valence-corrected chi connectivity index (χ0v) is 14.4. The van der Waals surface area contributed by atoms with E-state index < -0.39 is 17.7 Å². The van der Waals surface area contributed by atoms with Crippen LogP contribution in [0.5, 0.6) is 11.8 Å². The van der Waals surface area contributed by atoms with Crippen LogP contribution in [0.1, 0.15) is 6.92 Å². The van der Waals surface area contributed by atoms with Gasteiger partial charge in [0.25, 0.3) is 0 Å². The van der Waals surface area contributed by atoms with Crippen LogP contribution >= 0.6 is 0 Å². The average Bonchev–Trinajstić information content (AvgIpc) is 3.04. The van der Waals surface area contributed by atoms with Gasteiger partial charge in [0.05, 0.1) is 12.5 Å². The van der Waals surface area contributed by atoms with Crippen molar-refractivity contribution in [3.63, 3.8) is 0 Å². The lowest BCUT2D eigenvalue weighted by Crippen LogP contribution is -2.34. The van der Waals surface area contributed by atoms with E-state index in [4.69, 9.17) is 4.74 Å². The number of anilines is 1. The fourth-order valence-electron chi connectivity index (χ4n) is 2.20. The van der Waals surface area contributed by atoms with E-state index in [1.54, 1.807) is 0 Å². The fourth-order valence-corrected chi connectivity index (χ4v) is 2.20.